The molecule has 0 aliphatic carbocycles. The van der Waals surface area contributed by atoms with Crippen molar-refractivity contribution < 1.29 is 36.4 Å². The van der Waals surface area contributed by atoms with Crippen LogP contribution in [0.25, 0.3) is 32.7 Å². The Balaban J connectivity index is 0.00000180. The van der Waals surface area contributed by atoms with Gasteiger partial charge >= 0.3 is 26.2 Å². The third-order valence-electron chi connectivity index (χ3n) is 10.8. The van der Waals surface area contributed by atoms with Crippen LogP contribution in [0.15, 0.2) is 182 Å². The summed E-state index contributed by atoms with van der Waals surface area (Å²) in [5.41, 5.74) is 1.36. The summed E-state index contributed by atoms with van der Waals surface area (Å²) in [5.74, 6) is 0.455. The van der Waals surface area contributed by atoms with Crippen LogP contribution in [0.1, 0.15) is 0 Å². The smallest absolute Gasteiger partial charge is 0.507 e. The summed E-state index contributed by atoms with van der Waals surface area (Å²) in [6.45, 7) is 4.66. The van der Waals surface area contributed by atoms with Gasteiger partial charge in [0.15, 0.2) is 0 Å². The van der Waals surface area contributed by atoms with Crippen molar-refractivity contribution in [2.45, 2.75) is 13.1 Å². The molecular weight excluding hydrogens is 756 g/mol. The fourth-order valence-electron chi connectivity index (χ4n) is 7.98. The molecule has 260 valence electrons. The van der Waals surface area contributed by atoms with Crippen molar-refractivity contribution >= 4 is 68.8 Å². The largest absolute Gasteiger partial charge is 2.00 e. The summed E-state index contributed by atoms with van der Waals surface area (Å²) >= 11 is 0. The third-order valence-corrected chi connectivity index (χ3v) is 19.6. The normalized spacial score (nSPS) is 11.3. The van der Waals surface area contributed by atoms with E-state index in [1.165, 1.54) is 20.7 Å². The third kappa shape index (κ3) is 6.56. The van der Waals surface area contributed by atoms with Gasteiger partial charge in [0.05, 0.1) is 0 Å². The summed E-state index contributed by atoms with van der Waals surface area (Å²) in [6.07, 6.45) is 0. The monoisotopic (exact) mass is 798 g/mol. The number of aromatic hydroxyl groups is 2. The molecule has 2 N–H and O–H groups in total. The Morgan fingerprint density at radius 3 is 0.887 bits per heavy atom. The molecule has 0 unspecified atom stereocenters. The Morgan fingerprint density at radius 2 is 0.604 bits per heavy atom. The van der Waals surface area contributed by atoms with Crippen molar-refractivity contribution in [1.29, 1.82) is 0 Å². The van der Waals surface area contributed by atoms with Gasteiger partial charge in [0.2, 0.25) is 0 Å². The molecule has 8 aromatic rings. The Morgan fingerprint density at radius 1 is 0.358 bits per heavy atom. The van der Waals surface area contributed by atoms with Gasteiger partial charge in [-0.2, -0.15) is 0 Å². The first kappa shape index (κ1) is 39.4. The molecule has 0 spiro atoms. The number of fused-ring (bicyclic) bond motifs is 2. The summed E-state index contributed by atoms with van der Waals surface area (Å²) < 4.78 is 0. The molecule has 0 aromatic heterocycles. The second kappa shape index (κ2) is 16.1. The Hall–Kier alpha value is -4.80. The van der Waals surface area contributed by atoms with Gasteiger partial charge in [0.1, 0.15) is 27.6 Å². The van der Waals surface area contributed by atoms with Gasteiger partial charge in [0, 0.05) is 11.1 Å². The Labute approximate surface area is 335 Å². The van der Waals surface area contributed by atoms with Crippen LogP contribution >= 0.6 is 0 Å². The number of rotatable bonds is 7. The first-order valence-electron chi connectivity index (χ1n) is 17.1. The van der Waals surface area contributed by atoms with Crippen LogP contribution in [0.5, 0.6) is 11.5 Å². The van der Waals surface area contributed by atoms with Gasteiger partial charge in [-0.15, -0.1) is 0 Å². The van der Waals surface area contributed by atoms with E-state index in [2.05, 4.69) is 159 Å². The van der Waals surface area contributed by atoms with Gasteiger partial charge in [-0.05, 0) is 52.7 Å². The molecule has 8 aromatic carbocycles. The molecule has 0 saturated heterocycles. The van der Waals surface area contributed by atoms with Crippen LogP contribution in [-0.4, -0.2) is 26.4 Å². The fourth-order valence-corrected chi connectivity index (χ4v) is 15.4. The molecular formula is C48H44O2Si2Zr. The van der Waals surface area contributed by atoms with Gasteiger partial charge in [-0.1, -0.05) is 195 Å². The SMILES string of the molecule is C[Si](c1ccccc1)(c1ccccc1)c1cc2ccccc2c(-c2c(O)c([Si](C)(c3ccccc3)c3ccccc3)cc3ccccc23)c1O.[CH3-].[CH3-].[Zr+2]. The zero-order valence-corrected chi connectivity index (χ0v) is 35.2. The maximum absolute atomic E-state index is 12.9. The van der Waals surface area contributed by atoms with Gasteiger partial charge in [-0.25, -0.2) is 0 Å². The van der Waals surface area contributed by atoms with E-state index in [4.69, 9.17) is 0 Å². The first-order chi connectivity index (χ1) is 24.4. The van der Waals surface area contributed by atoms with Crippen molar-refractivity contribution in [3.05, 3.63) is 197 Å². The number of hydrogen-bond acceptors (Lipinski definition) is 2. The molecule has 0 heterocycles. The zero-order valence-electron chi connectivity index (χ0n) is 30.7. The molecule has 0 aliphatic rings. The molecule has 5 heteroatoms. The van der Waals surface area contributed by atoms with E-state index in [0.29, 0.717) is 11.1 Å². The maximum atomic E-state index is 12.9. The molecule has 8 rings (SSSR count). The first-order valence-corrected chi connectivity index (χ1v) is 22.1. The molecule has 0 radical (unpaired) electrons. The summed E-state index contributed by atoms with van der Waals surface area (Å²) in [7, 11) is -5.53. The molecule has 0 fully saturated rings. The molecule has 0 aliphatic heterocycles. The summed E-state index contributed by atoms with van der Waals surface area (Å²) in [5, 5.41) is 36.4. The minimum Gasteiger partial charge on any atom is -0.507 e. The average molecular weight is 800 g/mol. The van der Waals surface area contributed by atoms with E-state index < -0.39 is 16.1 Å². The van der Waals surface area contributed by atoms with Crippen LogP contribution in [0, 0.1) is 14.9 Å². The van der Waals surface area contributed by atoms with Crippen molar-refractivity contribution in [2.24, 2.45) is 0 Å². The summed E-state index contributed by atoms with van der Waals surface area (Å²) in [4.78, 5) is 0. The van der Waals surface area contributed by atoms with Crippen LogP contribution < -0.4 is 31.1 Å². The predicted octanol–water partition coefficient (Wildman–Crippen LogP) is 8.17. The molecule has 0 atom stereocenters. The maximum Gasteiger partial charge on any atom is 2.00 e. The van der Waals surface area contributed by atoms with Crippen molar-refractivity contribution in [3.8, 4) is 22.6 Å². The number of phenolic OH excluding ortho intramolecular Hbond substituents is 2. The number of benzene rings is 8. The second-order valence-corrected chi connectivity index (χ2v) is 21.3. The predicted molar refractivity (Wildman–Crippen MR) is 230 cm³/mol. The average Bonchev–Trinajstić information content (AvgIpc) is 3.18. The Kier molecular flexibility index (Phi) is 11.9. The molecule has 0 amide bonds. The molecule has 0 bridgehead atoms. The topological polar surface area (TPSA) is 40.5 Å². The van der Waals surface area contributed by atoms with E-state index in [-0.39, 0.29) is 52.6 Å². The van der Waals surface area contributed by atoms with Crippen molar-refractivity contribution in [2.75, 3.05) is 0 Å². The van der Waals surface area contributed by atoms with Crippen molar-refractivity contribution in [1.82, 2.24) is 0 Å². The van der Waals surface area contributed by atoms with E-state index >= 15 is 0 Å². The number of phenols is 2. The van der Waals surface area contributed by atoms with Crippen molar-refractivity contribution in [3.63, 3.8) is 0 Å². The minimum absolute atomic E-state index is 0. The van der Waals surface area contributed by atoms with E-state index in [1.807, 2.05) is 36.4 Å². The molecule has 0 saturated carbocycles. The Bertz CT molecular complexity index is 2220. The summed E-state index contributed by atoms with van der Waals surface area (Å²) in [6, 6.07) is 63.4. The van der Waals surface area contributed by atoms with Gasteiger partial charge in [0.25, 0.3) is 0 Å². The minimum atomic E-state index is -2.77. The molecule has 2 nitrogen and oxygen atoms in total. The van der Waals surface area contributed by atoms with Gasteiger partial charge in [-0.3, -0.25) is 0 Å². The van der Waals surface area contributed by atoms with Crippen LogP contribution in [0.2, 0.25) is 13.1 Å². The molecule has 53 heavy (non-hydrogen) atoms. The van der Waals surface area contributed by atoms with Crippen LogP contribution in [0.4, 0.5) is 0 Å². The zero-order chi connectivity index (χ0) is 34.3. The van der Waals surface area contributed by atoms with Gasteiger partial charge < -0.3 is 25.1 Å². The van der Waals surface area contributed by atoms with E-state index in [0.717, 1.165) is 31.9 Å². The van der Waals surface area contributed by atoms with Crippen LogP contribution in [0.3, 0.4) is 0 Å². The fraction of sp³-hybridized carbons (Fsp3) is 0.0417. The van der Waals surface area contributed by atoms with E-state index in [1.54, 1.807) is 0 Å². The quantitative estimate of drug-likeness (QED) is 0.0971. The van der Waals surface area contributed by atoms with Crippen LogP contribution in [-0.2, 0) is 26.2 Å². The standard InChI is InChI=1S/C46H38O2Si2.2CH3.Zr/c1-49(35-21-7-3-8-22-35,36-23-9-4-10-24-36)41-31-33-19-15-17-29-39(33)43(45(41)47)44-40-30-18-16-20-34(40)32-42(46(44)48)50(2,37-25-11-5-12-26-37)38-27-13-6-14-28-38;;;/h3-32,47-48H,1-2H3;2*1H3;/q;2*-1;+2. The van der Waals surface area contributed by atoms with E-state index in [9.17, 15) is 10.2 Å². The second-order valence-electron chi connectivity index (χ2n) is 13.5. The number of hydrogen-bond donors (Lipinski definition) is 2.